The minimum atomic E-state index is 0.439. The molecule has 2 aliphatic rings. The van der Waals surface area contributed by atoms with E-state index in [0.717, 1.165) is 39.0 Å². The number of Topliss-reactive ketones (excluding diaryl/α,β-unsaturated/α-hetero) is 1. The van der Waals surface area contributed by atoms with Crippen molar-refractivity contribution in [2.45, 2.75) is 38.4 Å². The topological polar surface area (TPSA) is 23.6 Å². The fraction of sp³-hybridized carbons (Fsp3) is 0.562. The Bertz CT molecular complexity index is 445. The smallest absolute Gasteiger partial charge is 0.135 e. The molecule has 3 rings (SSSR count). The van der Waals surface area contributed by atoms with Gasteiger partial charge in [-0.05, 0) is 12.5 Å². The molecular formula is C16H22N2O. The van der Waals surface area contributed by atoms with Crippen LogP contribution in [0.3, 0.4) is 0 Å². The van der Waals surface area contributed by atoms with Crippen molar-refractivity contribution in [1.82, 2.24) is 9.80 Å². The Kier molecular flexibility index (Phi) is 3.67. The molecule has 2 atom stereocenters. The standard InChI is InChI=1S/C16H22N2O/c1-13-10-17(11-14-5-3-2-4-6-14)12-15-9-16(19)7-8-18(13)15/h2-6,13,15H,7-12H2,1H3. The van der Waals surface area contributed by atoms with Crippen LogP contribution in [-0.2, 0) is 11.3 Å². The largest absolute Gasteiger partial charge is 0.300 e. The van der Waals surface area contributed by atoms with Crippen LogP contribution in [0.15, 0.2) is 30.3 Å². The maximum atomic E-state index is 11.6. The van der Waals surface area contributed by atoms with E-state index in [2.05, 4.69) is 47.1 Å². The van der Waals surface area contributed by atoms with Crippen molar-refractivity contribution in [3.8, 4) is 0 Å². The number of carbonyl (C=O) groups excluding carboxylic acids is 1. The predicted octanol–water partition coefficient (Wildman–Crippen LogP) is 1.92. The predicted molar refractivity (Wildman–Crippen MR) is 75.9 cm³/mol. The van der Waals surface area contributed by atoms with Gasteiger partial charge in [0.15, 0.2) is 0 Å². The van der Waals surface area contributed by atoms with E-state index in [4.69, 9.17) is 0 Å². The number of nitrogens with zero attached hydrogens (tertiary/aromatic N) is 2. The van der Waals surface area contributed by atoms with Gasteiger partial charge in [0.25, 0.3) is 0 Å². The highest BCUT2D eigenvalue weighted by molar-refractivity contribution is 5.80. The second-order valence-corrected chi connectivity index (χ2v) is 5.91. The zero-order chi connectivity index (χ0) is 13.2. The molecule has 3 nitrogen and oxygen atoms in total. The van der Waals surface area contributed by atoms with Crippen molar-refractivity contribution in [2.75, 3.05) is 19.6 Å². The monoisotopic (exact) mass is 258 g/mol. The third kappa shape index (κ3) is 2.88. The molecule has 2 heterocycles. The lowest BCUT2D eigenvalue weighted by atomic mass is 9.95. The van der Waals surface area contributed by atoms with Gasteiger partial charge in [0, 0.05) is 51.1 Å². The van der Waals surface area contributed by atoms with Gasteiger partial charge in [0.1, 0.15) is 5.78 Å². The summed E-state index contributed by atoms with van der Waals surface area (Å²) >= 11 is 0. The van der Waals surface area contributed by atoms with Crippen molar-refractivity contribution in [3.05, 3.63) is 35.9 Å². The molecule has 0 N–H and O–H groups in total. The molecule has 0 bridgehead atoms. The number of rotatable bonds is 2. The zero-order valence-corrected chi connectivity index (χ0v) is 11.6. The summed E-state index contributed by atoms with van der Waals surface area (Å²) in [4.78, 5) is 16.7. The van der Waals surface area contributed by atoms with Gasteiger partial charge in [-0.25, -0.2) is 0 Å². The number of hydrogen-bond donors (Lipinski definition) is 0. The van der Waals surface area contributed by atoms with E-state index in [1.54, 1.807) is 0 Å². The van der Waals surface area contributed by atoms with Crippen LogP contribution < -0.4 is 0 Å². The third-order valence-electron chi connectivity index (χ3n) is 4.39. The number of carbonyl (C=O) groups is 1. The molecule has 2 unspecified atom stereocenters. The van der Waals surface area contributed by atoms with Crippen LogP contribution >= 0.6 is 0 Å². The van der Waals surface area contributed by atoms with Crippen LogP contribution in [0.1, 0.15) is 25.3 Å². The first kappa shape index (κ1) is 12.8. The summed E-state index contributed by atoms with van der Waals surface area (Å²) in [5, 5.41) is 0. The molecule has 2 fully saturated rings. The minimum Gasteiger partial charge on any atom is -0.300 e. The summed E-state index contributed by atoms with van der Waals surface area (Å²) in [6, 6.07) is 11.6. The van der Waals surface area contributed by atoms with Gasteiger partial charge >= 0.3 is 0 Å². The second-order valence-electron chi connectivity index (χ2n) is 5.91. The fourth-order valence-electron chi connectivity index (χ4n) is 3.49. The normalized spacial score (nSPS) is 29.2. The highest BCUT2D eigenvalue weighted by Gasteiger charge is 2.35. The first-order valence-electron chi connectivity index (χ1n) is 7.26. The van der Waals surface area contributed by atoms with Crippen LogP contribution in [0.25, 0.3) is 0 Å². The van der Waals surface area contributed by atoms with Crippen LogP contribution in [0, 0.1) is 0 Å². The van der Waals surface area contributed by atoms with Crippen LogP contribution in [0.5, 0.6) is 0 Å². The number of piperazine rings is 1. The quantitative estimate of drug-likeness (QED) is 0.810. The Morgan fingerprint density at radius 1 is 1.21 bits per heavy atom. The Hall–Kier alpha value is -1.19. The summed E-state index contributed by atoms with van der Waals surface area (Å²) in [5.41, 5.74) is 1.37. The van der Waals surface area contributed by atoms with E-state index in [-0.39, 0.29) is 0 Å². The molecule has 0 aromatic heterocycles. The average Bonchev–Trinajstić information content (AvgIpc) is 2.39. The van der Waals surface area contributed by atoms with E-state index in [1.165, 1.54) is 5.56 Å². The summed E-state index contributed by atoms with van der Waals surface area (Å²) in [7, 11) is 0. The van der Waals surface area contributed by atoms with E-state index in [9.17, 15) is 4.79 Å². The van der Waals surface area contributed by atoms with Crippen molar-refractivity contribution >= 4 is 5.78 Å². The van der Waals surface area contributed by atoms with Crippen molar-refractivity contribution < 1.29 is 4.79 Å². The molecule has 1 aromatic carbocycles. The zero-order valence-electron chi connectivity index (χ0n) is 11.6. The lowest BCUT2D eigenvalue weighted by Crippen LogP contribution is -2.60. The third-order valence-corrected chi connectivity index (χ3v) is 4.39. The number of benzene rings is 1. The summed E-state index contributed by atoms with van der Waals surface area (Å²) in [5.74, 6) is 0.440. The van der Waals surface area contributed by atoms with Gasteiger partial charge < -0.3 is 0 Å². The molecule has 2 aliphatic heterocycles. The molecular weight excluding hydrogens is 236 g/mol. The Morgan fingerprint density at radius 2 is 2.00 bits per heavy atom. The van der Waals surface area contributed by atoms with Crippen molar-refractivity contribution in [2.24, 2.45) is 0 Å². The van der Waals surface area contributed by atoms with Crippen LogP contribution in [0.4, 0.5) is 0 Å². The van der Waals surface area contributed by atoms with Crippen LogP contribution in [0.2, 0.25) is 0 Å². The molecule has 0 radical (unpaired) electrons. The Balaban J connectivity index is 1.67. The van der Waals surface area contributed by atoms with Gasteiger partial charge in [-0.1, -0.05) is 30.3 Å². The van der Waals surface area contributed by atoms with Crippen molar-refractivity contribution in [3.63, 3.8) is 0 Å². The number of piperidine rings is 1. The van der Waals surface area contributed by atoms with Gasteiger partial charge in [0.05, 0.1) is 0 Å². The first-order valence-corrected chi connectivity index (χ1v) is 7.26. The molecule has 0 aliphatic carbocycles. The van der Waals surface area contributed by atoms with E-state index < -0.39 is 0 Å². The highest BCUT2D eigenvalue weighted by Crippen LogP contribution is 2.24. The lowest BCUT2D eigenvalue weighted by molar-refractivity contribution is -0.125. The Morgan fingerprint density at radius 3 is 2.79 bits per heavy atom. The fourth-order valence-corrected chi connectivity index (χ4v) is 3.49. The molecule has 0 saturated carbocycles. The van der Waals surface area contributed by atoms with Gasteiger partial charge in [-0.15, -0.1) is 0 Å². The van der Waals surface area contributed by atoms with E-state index in [0.29, 0.717) is 17.9 Å². The summed E-state index contributed by atoms with van der Waals surface area (Å²) in [6.07, 6.45) is 1.50. The number of ketones is 1. The van der Waals surface area contributed by atoms with Gasteiger partial charge in [0.2, 0.25) is 0 Å². The maximum absolute atomic E-state index is 11.6. The van der Waals surface area contributed by atoms with E-state index in [1.807, 2.05) is 0 Å². The van der Waals surface area contributed by atoms with Gasteiger partial charge in [-0.2, -0.15) is 0 Å². The molecule has 0 spiro atoms. The van der Waals surface area contributed by atoms with Gasteiger partial charge in [-0.3, -0.25) is 14.6 Å². The SMILES string of the molecule is CC1CN(Cc2ccccc2)CC2CC(=O)CCN12. The number of fused-ring (bicyclic) bond motifs is 1. The average molecular weight is 258 g/mol. The molecule has 2 saturated heterocycles. The second kappa shape index (κ2) is 5.43. The first-order chi connectivity index (χ1) is 9.22. The van der Waals surface area contributed by atoms with Crippen molar-refractivity contribution in [1.29, 1.82) is 0 Å². The molecule has 0 amide bonds. The molecule has 102 valence electrons. The molecule has 1 aromatic rings. The van der Waals surface area contributed by atoms with Crippen LogP contribution in [-0.4, -0.2) is 47.3 Å². The molecule has 3 heteroatoms. The maximum Gasteiger partial charge on any atom is 0.135 e. The lowest BCUT2D eigenvalue weighted by Gasteiger charge is -2.47. The molecule has 19 heavy (non-hydrogen) atoms. The highest BCUT2D eigenvalue weighted by atomic mass is 16.1. The van der Waals surface area contributed by atoms with E-state index >= 15 is 0 Å². The summed E-state index contributed by atoms with van der Waals surface area (Å²) < 4.78 is 0. The Labute approximate surface area is 115 Å². The number of hydrogen-bond acceptors (Lipinski definition) is 3. The summed E-state index contributed by atoms with van der Waals surface area (Å²) in [6.45, 7) is 6.40. The minimum absolute atomic E-state index is 0.439.